The van der Waals surface area contributed by atoms with E-state index in [1.807, 2.05) is 6.92 Å². The van der Waals surface area contributed by atoms with Crippen LogP contribution in [0.2, 0.25) is 0 Å². The summed E-state index contributed by atoms with van der Waals surface area (Å²) >= 11 is 1.71. The van der Waals surface area contributed by atoms with Crippen molar-refractivity contribution in [3.63, 3.8) is 0 Å². The second kappa shape index (κ2) is 5.47. The lowest BCUT2D eigenvalue weighted by atomic mass is 9.65. The quantitative estimate of drug-likeness (QED) is 0.683. The molecular formula is C21H28N2OS. The van der Waals surface area contributed by atoms with E-state index in [4.69, 9.17) is 0 Å². The minimum Gasteiger partial charge on any atom is -0.334 e. The highest BCUT2D eigenvalue weighted by Gasteiger charge is 2.51. The van der Waals surface area contributed by atoms with Crippen LogP contribution in [0.3, 0.4) is 0 Å². The fourth-order valence-electron chi connectivity index (χ4n) is 5.42. The van der Waals surface area contributed by atoms with Crippen LogP contribution >= 0.6 is 11.3 Å². The van der Waals surface area contributed by atoms with E-state index >= 15 is 0 Å². The van der Waals surface area contributed by atoms with Crippen LogP contribution in [0.4, 0.5) is 0 Å². The van der Waals surface area contributed by atoms with Gasteiger partial charge in [0.1, 0.15) is 10.5 Å². The summed E-state index contributed by atoms with van der Waals surface area (Å²) in [6.45, 7) is 14.8. The zero-order valence-electron chi connectivity index (χ0n) is 15.8. The van der Waals surface area contributed by atoms with Crippen LogP contribution in [0.1, 0.15) is 57.4 Å². The molecule has 1 saturated heterocycles. The van der Waals surface area contributed by atoms with Gasteiger partial charge in [0.15, 0.2) is 0 Å². The normalized spacial score (nSPS) is 27.8. The largest absolute Gasteiger partial charge is 0.334 e. The van der Waals surface area contributed by atoms with Crippen LogP contribution in [-0.4, -0.2) is 28.0 Å². The van der Waals surface area contributed by atoms with Gasteiger partial charge in [0.05, 0.1) is 0 Å². The highest BCUT2D eigenvalue weighted by atomic mass is 32.1. The van der Waals surface area contributed by atoms with E-state index in [9.17, 15) is 4.79 Å². The number of amides is 1. The maximum Gasteiger partial charge on any atom is 0.270 e. The Balaban J connectivity index is 1.71. The van der Waals surface area contributed by atoms with Gasteiger partial charge in [0, 0.05) is 24.5 Å². The molecule has 1 aliphatic heterocycles. The van der Waals surface area contributed by atoms with E-state index in [0.29, 0.717) is 18.0 Å². The van der Waals surface area contributed by atoms with Gasteiger partial charge in [-0.1, -0.05) is 32.9 Å². The third-order valence-corrected chi connectivity index (χ3v) is 6.78. The van der Waals surface area contributed by atoms with Crippen molar-refractivity contribution in [2.45, 2.75) is 59.5 Å². The van der Waals surface area contributed by atoms with Crippen LogP contribution in [-0.2, 0) is 6.54 Å². The molecule has 2 bridgehead atoms. The molecule has 1 aliphatic carbocycles. The highest BCUT2D eigenvalue weighted by Crippen LogP contribution is 2.52. The van der Waals surface area contributed by atoms with Crippen molar-refractivity contribution >= 4 is 27.5 Å². The Kier molecular flexibility index (Phi) is 3.70. The Morgan fingerprint density at radius 1 is 1.36 bits per heavy atom. The summed E-state index contributed by atoms with van der Waals surface area (Å²) in [5.41, 5.74) is 2.50. The molecule has 2 aromatic heterocycles. The number of hydrogen-bond acceptors (Lipinski definition) is 2. The van der Waals surface area contributed by atoms with Gasteiger partial charge in [-0.2, -0.15) is 0 Å². The predicted molar refractivity (Wildman–Crippen MR) is 105 cm³/mol. The van der Waals surface area contributed by atoms with E-state index in [1.165, 1.54) is 16.6 Å². The molecule has 25 heavy (non-hydrogen) atoms. The number of nitrogens with zero attached hydrogens (tertiary/aromatic N) is 2. The monoisotopic (exact) mass is 356 g/mol. The molecule has 134 valence electrons. The zero-order chi connectivity index (χ0) is 18.0. The molecule has 2 aromatic rings. The Morgan fingerprint density at radius 3 is 2.84 bits per heavy atom. The number of allylic oxidation sites excluding steroid dienone is 1. The number of aromatic nitrogens is 1. The summed E-state index contributed by atoms with van der Waals surface area (Å²) in [4.78, 5) is 16.8. The molecule has 1 amide bonds. The van der Waals surface area contributed by atoms with E-state index in [-0.39, 0.29) is 11.3 Å². The average molecular weight is 357 g/mol. The molecule has 0 spiro atoms. The van der Waals surface area contributed by atoms with E-state index in [0.717, 1.165) is 30.7 Å². The SMILES string of the molecule is C=C(C)Cn1c(C(=O)N2CC3(C)CC2CC(C)(C)C3)cc2ccsc21. The lowest BCUT2D eigenvalue weighted by molar-refractivity contribution is 0.0698. The number of carbonyl (C=O) groups excluding carboxylic acids is 1. The molecular weight excluding hydrogens is 328 g/mol. The smallest absolute Gasteiger partial charge is 0.270 e. The number of carbonyl (C=O) groups is 1. The van der Waals surface area contributed by atoms with Crippen molar-refractivity contribution in [3.05, 3.63) is 35.4 Å². The highest BCUT2D eigenvalue weighted by molar-refractivity contribution is 7.16. The summed E-state index contributed by atoms with van der Waals surface area (Å²) in [6, 6.07) is 4.57. The minimum atomic E-state index is 0.205. The summed E-state index contributed by atoms with van der Waals surface area (Å²) < 4.78 is 2.17. The topological polar surface area (TPSA) is 25.2 Å². The number of rotatable bonds is 3. The Labute approximate surface area is 154 Å². The van der Waals surface area contributed by atoms with Gasteiger partial charge in [-0.15, -0.1) is 11.3 Å². The molecule has 2 aliphatic rings. The third kappa shape index (κ3) is 2.84. The molecule has 0 aromatic carbocycles. The predicted octanol–water partition coefficient (Wildman–Crippen LogP) is 5.32. The first-order valence-corrected chi connectivity index (χ1v) is 10.1. The Morgan fingerprint density at radius 2 is 2.12 bits per heavy atom. The fraction of sp³-hybridized carbons (Fsp3) is 0.571. The van der Waals surface area contributed by atoms with Gasteiger partial charge in [-0.25, -0.2) is 0 Å². The van der Waals surface area contributed by atoms with Gasteiger partial charge in [0.2, 0.25) is 0 Å². The number of fused-ring (bicyclic) bond motifs is 3. The molecule has 2 atom stereocenters. The third-order valence-electron chi connectivity index (χ3n) is 5.83. The van der Waals surface area contributed by atoms with E-state index in [2.05, 4.69) is 54.3 Å². The van der Waals surface area contributed by atoms with Crippen LogP contribution in [0, 0.1) is 10.8 Å². The maximum absolute atomic E-state index is 13.5. The summed E-state index contributed by atoms with van der Waals surface area (Å²) in [7, 11) is 0. The van der Waals surface area contributed by atoms with Crippen molar-refractivity contribution in [1.29, 1.82) is 0 Å². The van der Waals surface area contributed by atoms with Crippen molar-refractivity contribution in [1.82, 2.24) is 9.47 Å². The molecule has 4 rings (SSSR count). The van der Waals surface area contributed by atoms with Crippen LogP contribution < -0.4 is 0 Å². The van der Waals surface area contributed by atoms with Gasteiger partial charge in [-0.3, -0.25) is 4.79 Å². The second-order valence-corrected chi connectivity index (χ2v) is 10.3. The first-order chi connectivity index (χ1) is 11.7. The van der Waals surface area contributed by atoms with Gasteiger partial charge in [-0.05, 0) is 54.5 Å². The molecule has 2 unspecified atom stereocenters. The number of likely N-dealkylation sites (tertiary alicyclic amines) is 1. The van der Waals surface area contributed by atoms with Crippen molar-refractivity contribution in [2.75, 3.05) is 6.54 Å². The van der Waals surface area contributed by atoms with Crippen LogP contribution in [0.15, 0.2) is 29.7 Å². The van der Waals surface area contributed by atoms with Gasteiger partial charge >= 0.3 is 0 Å². The first-order valence-electron chi connectivity index (χ1n) is 9.20. The minimum absolute atomic E-state index is 0.205. The molecule has 3 nitrogen and oxygen atoms in total. The van der Waals surface area contributed by atoms with Gasteiger partial charge < -0.3 is 9.47 Å². The summed E-state index contributed by atoms with van der Waals surface area (Å²) in [5.74, 6) is 0.205. The van der Waals surface area contributed by atoms with Crippen LogP contribution in [0.5, 0.6) is 0 Å². The molecule has 0 radical (unpaired) electrons. The molecule has 3 heterocycles. The fourth-order valence-corrected chi connectivity index (χ4v) is 6.32. The van der Waals surface area contributed by atoms with Crippen molar-refractivity contribution < 1.29 is 4.79 Å². The number of thiophene rings is 1. The van der Waals surface area contributed by atoms with Crippen molar-refractivity contribution in [2.24, 2.45) is 10.8 Å². The van der Waals surface area contributed by atoms with Gasteiger partial charge in [0.25, 0.3) is 5.91 Å². The lowest BCUT2D eigenvalue weighted by Crippen LogP contribution is -2.38. The van der Waals surface area contributed by atoms with Crippen LogP contribution in [0.25, 0.3) is 10.2 Å². The first kappa shape index (κ1) is 16.9. The molecule has 0 N–H and O–H groups in total. The maximum atomic E-state index is 13.5. The lowest BCUT2D eigenvalue weighted by Gasteiger charge is -2.39. The van der Waals surface area contributed by atoms with Crippen molar-refractivity contribution in [3.8, 4) is 0 Å². The molecule has 2 fully saturated rings. The Bertz CT molecular complexity index is 858. The van der Waals surface area contributed by atoms with E-state index < -0.39 is 0 Å². The van der Waals surface area contributed by atoms with E-state index in [1.54, 1.807) is 11.3 Å². The standard InChI is InChI=1S/C21H28N2OS/c1-14(2)11-22-17(8-15-6-7-25-19(15)22)18(24)23-13-21(5)10-16(23)9-20(3,4)12-21/h6-8,16H,1,9-13H2,2-5H3. The average Bonchev–Trinajstić information content (AvgIpc) is 3.10. The molecule has 1 saturated carbocycles. The summed E-state index contributed by atoms with van der Waals surface area (Å²) in [5, 5.41) is 3.27. The Hall–Kier alpha value is -1.55. The number of hydrogen-bond donors (Lipinski definition) is 0. The molecule has 4 heteroatoms. The zero-order valence-corrected chi connectivity index (χ0v) is 16.6. The summed E-state index contributed by atoms with van der Waals surface area (Å²) in [6.07, 6.45) is 3.48. The second-order valence-electron chi connectivity index (χ2n) is 9.40.